The van der Waals surface area contributed by atoms with E-state index in [0.717, 1.165) is 0 Å². The molecule has 0 saturated heterocycles. The van der Waals surface area contributed by atoms with E-state index >= 15 is 0 Å². The predicted octanol–water partition coefficient (Wildman–Crippen LogP) is 0.555. The van der Waals surface area contributed by atoms with Gasteiger partial charge in [-0.2, -0.15) is 15.4 Å². The highest BCUT2D eigenvalue weighted by molar-refractivity contribution is 5.93. The first-order chi connectivity index (χ1) is 8.38. The summed E-state index contributed by atoms with van der Waals surface area (Å²) >= 11 is 0. The van der Waals surface area contributed by atoms with Gasteiger partial charge in [-0.25, -0.2) is 14.5 Å². The minimum atomic E-state index is -0.590. The van der Waals surface area contributed by atoms with Crippen molar-refractivity contribution in [1.82, 2.24) is 30.2 Å². The summed E-state index contributed by atoms with van der Waals surface area (Å²) in [6.45, 7) is 5.35. The summed E-state index contributed by atoms with van der Waals surface area (Å²) in [4.78, 5) is 16.0. The molecule has 2 heterocycles. The zero-order chi connectivity index (χ0) is 13.3. The van der Waals surface area contributed by atoms with Crippen molar-refractivity contribution >= 4 is 5.97 Å². The minimum absolute atomic E-state index is 0.0982. The number of H-pyrrole nitrogens is 1. The van der Waals surface area contributed by atoms with Gasteiger partial charge in [0.1, 0.15) is 11.9 Å². The fraction of sp³-hybridized carbons (Fsp3) is 0.500. The molecule has 0 saturated carbocycles. The maximum Gasteiger partial charge on any atom is 0.361 e. The van der Waals surface area contributed by atoms with Crippen LogP contribution in [0.2, 0.25) is 0 Å². The summed E-state index contributed by atoms with van der Waals surface area (Å²) < 4.78 is 6.75. The number of ether oxygens (including phenoxy) is 1. The Labute approximate surface area is 103 Å². The van der Waals surface area contributed by atoms with Crippen LogP contribution in [0.3, 0.4) is 0 Å². The number of rotatable bonds is 2. The summed E-state index contributed by atoms with van der Waals surface area (Å²) in [5.74, 6) is -0.0983. The molecule has 2 aromatic heterocycles. The molecule has 8 nitrogen and oxygen atoms in total. The van der Waals surface area contributed by atoms with Gasteiger partial charge in [-0.05, 0) is 20.8 Å². The van der Waals surface area contributed by atoms with Gasteiger partial charge < -0.3 is 4.74 Å². The van der Waals surface area contributed by atoms with Crippen molar-refractivity contribution in [1.29, 1.82) is 0 Å². The number of hydrogen-bond donors (Lipinski definition) is 1. The summed E-state index contributed by atoms with van der Waals surface area (Å²) in [6.07, 6.45) is 1.38. The molecule has 18 heavy (non-hydrogen) atoms. The van der Waals surface area contributed by atoms with Crippen LogP contribution >= 0.6 is 0 Å². The van der Waals surface area contributed by atoms with Gasteiger partial charge in [0.2, 0.25) is 5.69 Å². The molecule has 8 heteroatoms. The topological polar surface area (TPSA) is 98.6 Å². The molecule has 0 atom stereocenters. The molecule has 2 aromatic rings. The van der Waals surface area contributed by atoms with Crippen LogP contribution in [-0.2, 0) is 11.8 Å². The average molecular weight is 250 g/mol. The largest absolute Gasteiger partial charge is 0.455 e. The summed E-state index contributed by atoms with van der Waals surface area (Å²) in [6, 6.07) is 0. The van der Waals surface area contributed by atoms with Gasteiger partial charge in [0.05, 0.1) is 0 Å². The highest BCUT2D eigenvalue weighted by Gasteiger charge is 2.26. The normalized spacial score (nSPS) is 11.6. The molecule has 0 aliphatic heterocycles. The molecule has 0 aromatic carbocycles. The fourth-order valence-corrected chi connectivity index (χ4v) is 1.37. The standard InChI is InChI=1S/C10H14N6O2/c1-10(2,3)18-9(17)7-6(13-15-14-7)8-11-5-12-16(8)4/h5H,1-4H3,(H,13,14,15). The van der Waals surface area contributed by atoms with Crippen molar-refractivity contribution in [3.8, 4) is 11.5 Å². The first-order valence-corrected chi connectivity index (χ1v) is 5.37. The van der Waals surface area contributed by atoms with E-state index in [2.05, 4.69) is 25.5 Å². The zero-order valence-electron chi connectivity index (χ0n) is 10.6. The summed E-state index contributed by atoms with van der Waals surface area (Å²) in [7, 11) is 1.70. The Morgan fingerprint density at radius 2 is 2.11 bits per heavy atom. The van der Waals surface area contributed by atoms with E-state index in [1.165, 1.54) is 11.0 Å². The number of aryl methyl sites for hydroxylation is 1. The van der Waals surface area contributed by atoms with E-state index in [-0.39, 0.29) is 5.69 Å². The minimum Gasteiger partial charge on any atom is -0.455 e. The second-order valence-electron chi connectivity index (χ2n) is 4.73. The van der Waals surface area contributed by atoms with E-state index in [1.807, 2.05) is 0 Å². The number of esters is 1. The molecule has 0 aliphatic carbocycles. The van der Waals surface area contributed by atoms with Gasteiger partial charge in [-0.3, -0.25) is 0 Å². The van der Waals surface area contributed by atoms with Gasteiger partial charge in [0.25, 0.3) is 0 Å². The second kappa shape index (κ2) is 4.21. The van der Waals surface area contributed by atoms with E-state index in [1.54, 1.807) is 27.8 Å². The number of carbonyl (C=O) groups is 1. The lowest BCUT2D eigenvalue weighted by atomic mass is 10.2. The Kier molecular flexibility index (Phi) is 2.85. The zero-order valence-corrected chi connectivity index (χ0v) is 10.6. The van der Waals surface area contributed by atoms with Gasteiger partial charge in [-0.1, -0.05) is 0 Å². The maximum absolute atomic E-state index is 11.9. The average Bonchev–Trinajstić information content (AvgIpc) is 2.82. The SMILES string of the molecule is Cn1ncnc1-c1n[nH]nc1C(=O)OC(C)(C)C. The lowest BCUT2D eigenvalue weighted by Gasteiger charge is -2.18. The molecule has 2 rings (SSSR count). The molecule has 0 fully saturated rings. The maximum atomic E-state index is 11.9. The number of aromatic amines is 1. The van der Waals surface area contributed by atoms with Crippen molar-refractivity contribution in [3.05, 3.63) is 12.0 Å². The lowest BCUT2D eigenvalue weighted by molar-refractivity contribution is 0.00636. The van der Waals surface area contributed by atoms with Crippen LogP contribution in [0.4, 0.5) is 0 Å². The molecule has 0 spiro atoms. The van der Waals surface area contributed by atoms with E-state index in [0.29, 0.717) is 11.5 Å². The Balaban J connectivity index is 2.34. The van der Waals surface area contributed by atoms with Crippen molar-refractivity contribution in [2.24, 2.45) is 7.05 Å². The van der Waals surface area contributed by atoms with Gasteiger partial charge in [0.15, 0.2) is 11.5 Å². The van der Waals surface area contributed by atoms with Crippen molar-refractivity contribution in [2.75, 3.05) is 0 Å². The molecule has 0 unspecified atom stereocenters. The number of hydrogen-bond acceptors (Lipinski definition) is 6. The molecule has 0 aliphatic rings. The van der Waals surface area contributed by atoms with Gasteiger partial charge >= 0.3 is 5.97 Å². The van der Waals surface area contributed by atoms with Crippen LogP contribution in [0.1, 0.15) is 31.3 Å². The molecule has 96 valence electrons. The van der Waals surface area contributed by atoms with Crippen LogP contribution in [0, 0.1) is 0 Å². The Morgan fingerprint density at radius 3 is 2.67 bits per heavy atom. The van der Waals surface area contributed by atoms with Gasteiger partial charge in [0, 0.05) is 7.05 Å². The highest BCUT2D eigenvalue weighted by Crippen LogP contribution is 2.19. The van der Waals surface area contributed by atoms with Crippen molar-refractivity contribution in [3.63, 3.8) is 0 Å². The molecule has 1 N–H and O–H groups in total. The molecular weight excluding hydrogens is 236 g/mol. The van der Waals surface area contributed by atoms with Crippen LogP contribution in [0.15, 0.2) is 6.33 Å². The predicted molar refractivity (Wildman–Crippen MR) is 61.5 cm³/mol. The smallest absolute Gasteiger partial charge is 0.361 e. The van der Waals surface area contributed by atoms with Gasteiger partial charge in [-0.15, -0.1) is 5.10 Å². The monoisotopic (exact) mass is 250 g/mol. The van der Waals surface area contributed by atoms with Crippen molar-refractivity contribution in [2.45, 2.75) is 26.4 Å². The van der Waals surface area contributed by atoms with E-state index in [9.17, 15) is 4.79 Å². The molecular formula is C10H14N6O2. The quantitative estimate of drug-likeness (QED) is 0.782. The summed E-state index contributed by atoms with van der Waals surface area (Å²) in [5.41, 5.74) is -0.169. The third-order valence-corrected chi connectivity index (χ3v) is 2.06. The lowest BCUT2D eigenvalue weighted by Crippen LogP contribution is -2.24. The van der Waals surface area contributed by atoms with E-state index in [4.69, 9.17) is 4.74 Å². The number of nitrogens with zero attached hydrogens (tertiary/aromatic N) is 5. The summed E-state index contributed by atoms with van der Waals surface area (Å²) in [5, 5.41) is 14.0. The third kappa shape index (κ3) is 2.36. The van der Waals surface area contributed by atoms with Crippen LogP contribution < -0.4 is 0 Å². The Morgan fingerprint density at radius 1 is 1.39 bits per heavy atom. The molecule has 0 bridgehead atoms. The Hall–Kier alpha value is -2.25. The third-order valence-electron chi connectivity index (χ3n) is 2.06. The second-order valence-corrected chi connectivity index (χ2v) is 4.73. The molecule has 0 amide bonds. The molecule has 0 radical (unpaired) electrons. The highest BCUT2D eigenvalue weighted by atomic mass is 16.6. The first-order valence-electron chi connectivity index (χ1n) is 5.37. The van der Waals surface area contributed by atoms with Crippen LogP contribution in [0.5, 0.6) is 0 Å². The Bertz CT molecular complexity index is 565. The fourth-order valence-electron chi connectivity index (χ4n) is 1.37. The van der Waals surface area contributed by atoms with Crippen LogP contribution in [-0.4, -0.2) is 41.7 Å². The number of aromatic nitrogens is 6. The number of carbonyl (C=O) groups excluding carboxylic acids is 1. The first kappa shape index (κ1) is 12.2. The van der Waals surface area contributed by atoms with Crippen molar-refractivity contribution < 1.29 is 9.53 Å². The van der Waals surface area contributed by atoms with E-state index < -0.39 is 11.6 Å². The number of nitrogens with one attached hydrogen (secondary N) is 1. The van der Waals surface area contributed by atoms with Crippen LogP contribution in [0.25, 0.3) is 11.5 Å².